The first-order valence-corrected chi connectivity index (χ1v) is 6.18. The number of fused-ring (bicyclic) bond motifs is 1. The van der Waals surface area contributed by atoms with Crippen LogP contribution in [0.2, 0.25) is 0 Å². The monoisotopic (exact) mass is 215 g/mol. The summed E-state index contributed by atoms with van der Waals surface area (Å²) in [6.07, 6.45) is 6.65. The van der Waals surface area contributed by atoms with Crippen LogP contribution in [0.15, 0.2) is 0 Å². The number of piperidine rings is 1. The van der Waals surface area contributed by atoms with Crippen molar-refractivity contribution in [2.45, 2.75) is 32.1 Å². The summed E-state index contributed by atoms with van der Waals surface area (Å²) in [5.74, 6) is 1.93. The largest absolute Gasteiger partial charge is 0.341 e. The third-order valence-corrected chi connectivity index (χ3v) is 3.99. The van der Waals surface area contributed by atoms with E-state index in [1.54, 1.807) is 0 Å². The van der Waals surface area contributed by atoms with E-state index in [1.807, 2.05) is 4.90 Å². The van der Waals surface area contributed by atoms with Gasteiger partial charge < -0.3 is 4.90 Å². The molecular formula is C11H18ClNO. The lowest BCUT2D eigenvalue weighted by Gasteiger charge is -2.41. The zero-order chi connectivity index (χ0) is 9.97. The molecule has 1 aliphatic carbocycles. The first kappa shape index (κ1) is 10.3. The second-order valence-corrected chi connectivity index (χ2v) is 4.83. The Bertz CT molecular complexity index is 219. The number of carbonyl (C=O) groups is 1. The van der Waals surface area contributed by atoms with E-state index in [1.165, 1.54) is 32.1 Å². The highest BCUT2D eigenvalue weighted by atomic mass is 35.5. The summed E-state index contributed by atoms with van der Waals surface area (Å²) in [5.41, 5.74) is 0. The van der Waals surface area contributed by atoms with Crippen molar-refractivity contribution in [2.75, 3.05) is 19.0 Å². The van der Waals surface area contributed by atoms with E-state index in [-0.39, 0.29) is 11.8 Å². The van der Waals surface area contributed by atoms with Crippen molar-refractivity contribution in [3.8, 4) is 0 Å². The summed E-state index contributed by atoms with van der Waals surface area (Å²) in [5, 5.41) is 0. The van der Waals surface area contributed by atoms with Gasteiger partial charge in [-0.3, -0.25) is 4.79 Å². The van der Waals surface area contributed by atoms with Crippen LogP contribution in [-0.2, 0) is 4.79 Å². The van der Waals surface area contributed by atoms with E-state index in [0.717, 1.165) is 24.9 Å². The van der Waals surface area contributed by atoms with Gasteiger partial charge in [0.25, 0.3) is 0 Å². The van der Waals surface area contributed by atoms with Crippen molar-refractivity contribution in [1.29, 1.82) is 0 Å². The highest BCUT2D eigenvalue weighted by Crippen LogP contribution is 2.35. The Hall–Kier alpha value is -0.240. The Labute approximate surface area is 90.6 Å². The van der Waals surface area contributed by atoms with Gasteiger partial charge in [-0.2, -0.15) is 0 Å². The maximum atomic E-state index is 11.4. The van der Waals surface area contributed by atoms with Crippen LogP contribution in [0.25, 0.3) is 0 Å². The molecule has 1 heterocycles. The first-order chi connectivity index (χ1) is 6.81. The summed E-state index contributed by atoms with van der Waals surface area (Å²) in [7, 11) is 0. The van der Waals surface area contributed by atoms with Crippen LogP contribution in [0.4, 0.5) is 0 Å². The number of carbonyl (C=O) groups excluding carboxylic acids is 1. The standard InChI is InChI=1S/C11H18ClNO/c12-7-11(14)13-6-5-9-3-1-2-4-10(9)8-13/h9-10H,1-8H2/t9-,10+/m1/s1. The van der Waals surface area contributed by atoms with Crippen LogP contribution < -0.4 is 0 Å². The minimum Gasteiger partial charge on any atom is -0.341 e. The molecule has 0 unspecified atom stereocenters. The van der Waals surface area contributed by atoms with Gasteiger partial charge in [0.15, 0.2) is 0 Å². The molecule has 1 aliphatic heterocycles. The molecule has 2 rings (SSSR count). The minimum absolute atomic E-state index is 0.121. The van der Waals surface area contributed by atoms with Gasteiger partial charge in [0.2, 0.25) is 5.91 Å². The van der Waals surface area contributed by atoms with Gasteiger partial charge in [-0.25, -0.2) is 0 Å². The predicted molar refractivity (Wildman–Crippen MR) is 57.4 cm³/mol. The Morgan fingerprint density at radius 3 is 2.64 bits per heavy atom. The molecule has 1 saturated heterocycles. The number of amides is 1. The summed E-state index contributed by atoms with van der Waals surface area (Å²) in [6.45, 7) is 1.91. The topological polar surface area (TPSA) is 20.3 Å². The van der Waals surface area contributed by atoms with Crippen molar-refractivity contribution in [3.05, 3.63) is 0 Å². The average molecular weight is 216 g/mol. The average Bonchev–Trinajstić information content (AvgIpc) is 2.27. The van der Waals surface area contributed by atoms with Crippen molar-refractivity contribution in [3.63, 3.8) is 0 Å². The van der Waals surface area contributed by atoms with Gasteiger partial charge in [-0.05, 0) is 24.7 Å². The number of hydrogen-bond acceptors (Lipinski definition) is 1. The van der Waals surface area contributed by atoms with Crippen molar-refractivity contribution >= 4 is 17.5 Å². The van der Waals surface area contributed by atoms with Gasteiger partial charge in [0, 0.05) is 13.1 Å². The van der Waals surface area contributed by atoms with Crippen LogP contribution >= 0.6 is 11.6 Å². The molecule has 0 aromatic heterocycles. The molecule has 2 aliphatic rings. The van der Waals surface area contributed by atoms with Crippen molar-refractivity contribution in [1.82, 2.24) is 4.90 Å². The lowest BCUT2D eigenvalue weighted by molar-refractivity contribution is -0.131. The highest BCUT2D eigenvalue weighted by Gasteiger charge is 2.32. The number of alkyl halides is 1. The quantitative estimate of drug-likeness (QED) is 0.615. The molecule has 0 aromatic rings. The lowest BCUT2D eigenvalue weighted by atomic mass is 9.75. The second-order valence-electron chi connectivity index (χ2n) is 4.57. The molecule has 2 atom stereocenters. The summed E-state index contributed by atoms with van der Waals surface area (Å²) < 4.78 is 0. The third kappa shape index (κ3) is 2.05. The molecule has 0 aromatic carbocycles. The van der Waals surface area contributed by atoms with E-state index < -0.39 is 0 Å². The molecule has 0 spiro atoms. The zero-order valence-electron chi connectivity index (χ0n) is 8.54. The van der Waals surface area contributed by atoms with E-state index >= 15 is 0 Å². The number of likely N-dealkylation sites (tertiary alicyclic amines) is 1. The molecule has 0 bridgehead atoms. The van der Waals surface area contributed by atoms with Gasteiger partial charge in [-0.15, -0.1) is 11.6 Å². The number of nitrogens with zero attached hydrogens (tertiary/aromatic N) is 1. The molecule has 1 saturated carbocycles. The molecule has 1 amide bonds. The SMILES string of the molecule is O=C(CCl)N1CC[C@H]2CCCC[C@H]2C1. The maximum Gasteiger partial charge on any atom is 0.237 e. The van der Waals surface area contributed by atoms with Gasteiger partial charge in [0.05, 0.1) is 0 Å². The smallest absolute Gasteiger partial charge is 0.237 e. The summed E-state index contributed by atoms with van der Waals surface area (Å²) >= 11 is 5.57. The molecule has 3 heteroatoms. The molecule has 0 radical (unpaired) electrons. The number of hydrogen-bond donors (Lipinski definition) is 0. The summed E-state index contributed by atoms with van der Waals surface area (Å²) in [6, 6.07) is 0. The highest BCUT2D eigenvalue weighted by molar-refractivity contribution is 6.27. The molecule has 2 fully saturated rings. The predicted octanol–water partition coefficient (Wildman–Crippen LogP) is 2.26. The number of rotatable bonds is 1. The zero-order valence-corrected chi connectivity index (χ0v) is 9.30. The van der Waals surface area contributed by atoms with E-state index in [0.29, 0.717) is 0 Å². The fraction of sp³-hybridized carbons (Fsp3) is 0.909. The Morgan fingerprint density at radius 2 is 1.93 bits per heavy atom. The van der Waals surface area contributed by atoms with E-state index in [9.17, 15) is 4.79 Å². The van der Waals surface area contributed by atoms with Crippen molar-refractivity contribution < 1.29 is 4.79 Å². The fourth-order valence-corrected chi connectivity index (χ4v) is 3.08. The van der Waals surface area contributed by atoms with Crippen LogP contribution in [0.3, 0.4) is 0 Å². The normalized spacial score (nSPS) is 32.5. The van der Waals surface area contributed by atoms with Crippen LogP contribution in [0, 0.1) is 11.8 Å². The summed E-state index contributed by atoms with van der Waals surface area (Å²) in [4.78, 5) is 13.4. The van der Waals surface area contributed by atoms with Crippen LogP contribution in [0.1, 0.15) is 32.1 Å². The van der Waals surface area contributed by atoms with Gasteiger partial charge in [-0.1, -0.05) is 19.3 Å². The van der Waals surface area contributed by atoms with Crippen molar-refractivity contribution in [2.24, 2.45) is 11.8 Å². The molecule has 14 heavy (non-hydrogen) atoms. The van der Waals surface area contributed by atoms with Gasteiger partial charge in [0.1, 0.15) is 5.88 Å². The van der Waals surface area contributed by atoms with Gasteiger partial charge >= 0.3 is 0 Å². The third-order valence-electron chi connectivity index (χ3n) is 3.76. The Morgan fingerprint density at radius 1 is 1.21 bits per heavy atom. The first-order valence-electron chi connectivity index (χ1n) is 5.65. The molecule has 0 N–H and O–H groups in total. The van der Waals surface area contributed by atoms with Crippen LogP contribution in [-0.4, -0.2) is 29.8 Å². The molecule has 2 nitrogen and oxygen atoms in total. The van der Waals surface area contributed by atoms with E-state index in [4.69, 9.17) is 11.6 Å². The Balaban J connectivity index is 1.92. The Kier molecular flexibility index (Phi) is 3.32. The minimum atomic E-state index is 0.121. The number of halogens is 1. The van der Waals surface area contributed by atoms with Crippen LogP contribution in [0.5, 0.6) is 0 Å². The lowest BCUT2D eigenvalue weighted by Crippen LogP contribution is -2.45. The second kappa shape index (κ2) is 4.52. The van der Waals surface area contributed by atoms with E-state index in [2.05, 4.69) is 0 Å². The molecular weight excluding hydrogens is 198 g/mol. The maximum absolute atomic E-state index is 11.4. The fourth-order valence-electron chi connectivity index (χ4n) is 2.91. The molecule has 80 valence electrons.